The molecule has 0 N–H and O–H groups in total. The van der Waals surface area contributed by atoms with Crippen LogP contribution in [0.1, 0.15) is 31.4 Å². The van der Waals surface area contributed by atoms with Crippen LogP contribution in [-0.4, -0.2) is 5.60 Å². The number of azide groups is 1. The predicted octanol–water partition coefficient (Wildman–Crippen LogP) is 3.71. The highest BCUT2D eigenvalue weighted by Crippen LogP contribution is 2.36. The molecule has 108 valence electrons. The molecule has 0 aliphatic carbocycles. The zero-order valence-corrected chi connectivity index (χ0v) is 11.9. The molecule has 0 amide bonds. The Morgan fingerprint density at radius 1 is 1.38 bits per heavy atom. The molecular formula is C15H15N3O3. The molecule has 2 heterocycles. The topological polar surface area (TPSA) is 88.2 Å². The molecule has 1 aromatic carbocycles. The first-order chi connectivity index (χ1) is 9.98. The van der Waals surface area contributed by atoms with Gasteiger partial charge in [0.1, 0.15) is 16.9 Å². The Balaban J connectivity index is 2.20. The van der Waals surface area contributed by atoms with Crippen LogP contribution in [0.15, 0.2) is 32.5 Å². The lowest BCUT2D eigenvalue weighted by Gasteiger charge is -2.32. The second kappa shape index (κ2) is 4.82. The van der Waals surface area contributed by atoms with Crippen molar-refractivity contribution in [1.82, 2.24) is 0 Å². The summed E-state index contributed by atoms with van der Waals surface area (Å²) in [5, 5.41) is 4.33. The van der Waals surface area contributed by atoms with E-state index in [9.17, 15) is 4.79 Å². The van der Waals surface area contributed by atoms with Crippen molar-refractivity contribution in [3.8, 4) is 5.75 Å². The average Bonchev–Trinajstić information content (AvgIpc) is 2.41. The lowest BCUT2D eigenvalue weighted by atomic mass is 9.93. The van der Waals surface area contributed by atoms with Gasteiger partial charge in [0, 0.05) is 22.4 Å². The van der Waals surface area contributed by atoms with Crippen LogP contribution >= 0.6 is 0 Å². The zero-order valence-electron chi connectivity index (χ0n) is 11.9. The third kappa shape index (κ3) is 2.58. The van der Waals surface area contributed by atoms with Crippen molar-refractivity contribution in [1.29, 1.82) is 0 Å². The first kappa shape index (κ1) is 13.5. The Morgan fingerprint density at radius 2 is 2.19 bits per heavy atom. The van der Waals surface area contributed by atoms with Gasteiger partial charge in [0.05, 0.1) is 6.54 Å². The van der Waals surface area contributed by atoms with E-state index in [1.54, 1.807) is 6.07 Å². The molecule has 21 heavy (non-hydrogen) atoms. The Kier molecular flexibility index (Phi) is 3.11. The van der Waals surface area contributed by atoms with Crippen LogP contribution in [0.4, 0.5) is 0 Å². The molecule has 6 nitrogen and oxygen atoms in total. The number of ether oxygens (including phenoxy) is 1. The van der Waals surface area contributed by atoms with E-state index >= 15 is 0 Å². The molecule has 3 rings (SSSR count). The van der Waals surface area contributed by atoms with Crippen molar-refractivity contribution < 1.29 is 9.15 Å². The Labute approximate surface area is 121 Å². The maximum atomic E-state index is 11.6. The fourth-order valence-corrected chi connectivity index (χ4v) is 2.61. The molecule has 1 aliphatic rings. The normalized spacial score (nSPS) is 15.9. The van der Waals surface area contributed by atoms with Crippen LogP contribution in [0.25, 0.3) is 21.4 Å². The Morgan fingerprint density at radius 3 is 2.95 bits per heavy atom. The van der Waals surface area contributed by atoms with Gasteiger partial charge < -0.3 is 9.15 Å². The van der Waals surface area contributed by atoms with Crippen molar-refractivity contribution in [3.63, 3.8) is 0 Å². The summed E-state index contributed by atoms with van der Waals surface area (Å²) in [4.78, 5) is 14.4. The van der Waals surface area contributed by atoms with Gasteiger partial charge in [-0.25, -0.2) is 4.79 Å². The lowest BCUT2D eigenvalue weighted by Crippen LogP contribution is -2.32. The summed E-state index contributed by atoms with van der Waals surface area (Å²) < 4.78 is 11.2. The number of rotatable bonds is 2. The van der Waals surface area contributed by atoms with E-state index < -0.39 is 5.63 Å². The van der Waals surface area contributed by atoms with E-state index in [-0.39, 0.29) is 12.1 Å². The van der Waals surface area contributed by atoms with Gasteiger partial charge in [0.25, 0.3) is 0 Å². The fraction of sp³-hybridized carbons (Fsp3) is 0.400. The van der Waals surface area contributed by atoms with Crippen LogP contribution in [0.5, 0.6) is 5.75 Å². The smallest absolute Gasteiger partial charge is 0.336 e. The van der Waals surface area contributed by atoms with Gasteiger partial charge in [0.15, 0.2) is 0 Å². The maximum Gasteiger partial charge on any atom is 0.336 e. The van der Waals surface area contributed by atoms with E-state index in [4.69, 9.17) is 14.7 Å². The highest BCUT2D eigenvalue weighted by molar-refractivity contribution is 5.83. The van der Waals surface area contributed by atoms with Crippen molar-refractivity contribution >= 4 is 11.0 Å². The number of benzene rings is 1. The molecule has 0 saturated carbocycles. The Hall–Kier alpha value is -2.46. The fourth-order valence-electron chi connectivity index (χ4n) is 2.61. The third-order valence-corrected chi connectivity index (χ3v) is 3.70. The van der Waals surface area contributed by atoms with Gasteiger partial charge in [-0.2, -0.15) is 0 Å². The largest absolute Gasteiger partial charge is 0.487 e. The minimum Gasteiger partial charge on any atom is -0.487 e. The van der Waals surface area contributed by atoms with Gasteiger partial charge in [-0.05, 0) is 49.4 Å². The second-order valence-corrected chi connectivity index (χ2v) is 5.80. The minimum atomic E-state index is -0.458. The first-order valence-corrected chi connectivity index (χ1v) is 6.78. The van der Waals surface area contributed by atoms with E-state index in [0.717, 1.165) is 29.5 Å². The summed E-state index contributed by atoms with van der Waals surface area (Å²) in [7, 11) is 0. The summed E-state index contributed by atoms with van der Waals surface area (Å²) >= 11 is 0. The number of hydrogen-bond donors (Lipinski definition) is 0. The van der Waals surface area contributed by atoms with Gasteiger partial charge in [-0.3, -0.25) is 0 Å². The summed E-state index contributed by atoms with van der Waals surface area (Å²) in [5.41, 5.74) is 9.99. The maximum absolute atomic E-state index is 11.6. The van der Waals surface area contributed by atoms with Crippen molar-refractivity contribution in [2.45, 2.75) is 38.8 Å². The molecule has 1 aromatic heterocycles. The summed E-state index contributed by atoms with van der Waals surface area (Å²) in [6.45, 7) is 4.20. The molecule has 2 aromatic rings. The quantitative estimate of drug-likeness (QED) is 0.364. The molecule has 0 unspecified atom stereocenters. The standard InChI is InChI=1S/C15H15N3O3/c1-15(2)4-3-9-5-11-10(8-17-18-16)6-14(19)20-13(11)7-12(9)21-15/h5-7H,3-4,8H2,1-2H3. The van der Waals surface area contributed by atoms with Gasteiger partial charge >= 0.3 is 5.63 Å². The zero-order chi connectivity index (χ0) is 15.0. The van der Waals surface area contributed by atoms with Crippen LogP contribution in [0, 0.1) is 0 Å². The highest BCUT2D eigenvalue weighted by atomic mass is 16.5. The predicted molar refractivity (Wildman–Crippen MR) is 78.4 cm³/mol. The van der Waals surface area contributed by atoms with E-state index in [1.807, 2.05) is 19.9 Å². The molecule has 0 spiro atoms. The molecule has 0 fully saturated rings. The monoisotopic (exact) mass is 285 g/mol. The number of aryl methyl sites for hydroxylation is 1. The summed E-state index contributed by atoms with van der Waals surface area (Å²) in [5.74, 6) is 0.753. The van der Waals surface area contributed by atoms with Crippen molar-refractivity contribution in [2.75, 3.05) is 0 Å². The number of nitrogens with zero attached hydrogens (tertiary/aromatic N) is 3. The minimum absolute atomic E-state index is 0.129. The van der Waals surface area contributed by atoms with E-state index in [1.165, 1.54) is 6.07 Å². The molecule has 1 aliphatic heterocycles. The molecule has 0 atom stereocenters. The summed E-state index contributed by atoms with van der Waals surface area (Å²) in [6, 6.07) is 5.09. The van der Waals surface area contributed by atoms with Crippen LogP contribution < -0.4 is 10.4 Å². The van der Waals surface area contributed by atoms with Gasteiger partial charge in [-0.15, -0.1) is 0 Å². The second-order valence-electron chi connectivity index (χ2n) is 5.80. The van der Waals surface area contributed by atoms with Crippen LogP contribution in [0.3, 0.4) is 0 Å². The Bertz CT molecular complexity index is 817. The molecule has 0 radical (unpaired) electrons. The van der Waals surface area contributed by atoms with Crippen molar-refractivity contribution in [3.05, 3.63) is 50.2 Å². The average molecular weight is 285 g/mol. The first-order valence-electron chi connectivity index (χ1n) is 6.78. The van der Waals surface area contributed by atoms with Crippen LogP contribution in [-0.2, 0) is 13.0 Å². The van der Waals surface area contributed by atoms with E-state index in [2.05, 4.69) is 10.0 Å². The summed E-state index contributed by atoms with van der Waals surface area (Å²) in [6.07, 6.45) is 1.83. The molecule has 6 heteroatoms. The number of hydrogen-bond acceptors (Lipinski definition) is 4. The molecule has 0 saturated heterocycles. The van der Waals surface area contributed by atoms with E-state index in [0.29, 0.717) is 11.1 Å². The molecular weight excluding hydrogens is 270 g/mol. The van der Waals surface area contributed by atoms with Crippen molar-refractivity contribution in [2.24, 2.45) is 5.11 Å². The number of fused-ring (bicyclic) bond motifs is 2. The van der Waals surface area contributed by atoms with Crippen LogP contribution in [0.2, 0.25) is 0 Å². The SMILES string of the molecule is CC1(C)CCc2cc3c(CN=[N+]=[N-])cc(=O)oc3cc2O1. The molecule has 0 bridgehead atoms. The van der Waals surface area contributed by atoms with Gasteiger partial charge in [-0.1, -0.05) is 5.11 Å². The highest BCUT2D eigenvalue weighted by Gasteiger charge is 2.27. The lowest BCUT2D eigenvalue weighted by molar-refractivity contribution is 0.0848. The van der Waals surface area contributed by atoms with Gasteiger partial charge in [0.2, 0.25) is 0 Å². The third-order valence-electron chi connectivity index (χ3n) is 3.70.